The van der Waals surface area contributed by atoms with E-state index in [1.54, 1.807) is 12.1 Å². The molecular formula is C11H7FN2O2. The molecule has 0 saturated carbocycles. The van der Waals surface area contributed by atoms with E-state index in [4.69, 9.17) is 10.00 Å². The van der Waals surface area contributed by atoms with E-state index in [2.05, 4.69) is 0 Å². The molecule has 0 aliphatic carbocycles. The fourth-order valence-electron chi connectivity index (χ4n) is 1.48. The van der Waals surface area contributed by atoms with Crippen molar-refractivity contribution in [2.24, 2.45) is 0 Å². The third-order valence-corrected chi connectivity index (χ3v) is 2.29. The monoisotopic (exact) mass is 218 g/mol. The molecule has 5 heteroatoms. The van der Waals surface area contributed by atoms with Crippen molar-refractivity contribution in [3.63, 3.8) is 0 Å². The van der Waals surface area contributed by atoms with E-state index < -0.39 is 5.43 Å². The minimum Gasteiger partial charge on any atom is -0.497 e. The number of benzene rings is 1. The highest BCUT2D eigenvalue weighted by molar-refractivity contribution is 5.81. The quantitative estimate of drug-likeness (QED) is 0.730. The summed E-state index contributed by atoms with van der Waals surface area (Å²) in [5.74, 6) is 0.444. The Morgan fingerprint density at radius 1 is 1.50 bits per heavy atom. The summed E-state index contributed by atoms with van der Waals surface area (Å²) in [5, 5.41) is 8.79. The number of halogens is 1. The fraction of sp³-hybridized carbons (Fsp3) is 0.0909. The zero-order chi connectivity index (χ0) is 11.7. The molecule has 0 radical (unpaired) electrons. The Labute approximate surface area is 90.0 Å². The third-order valence-electron chi connectivity index (χ3n) is 2.29. The molecule has 0 amide bonds. The van der Waals surface area contributed by atoms with Gasteiger partial charge in [0, 0.05) is 0 Å². The molecule has 0 fully saturated rings. The van der Waals surface area contributed by atoms with Crippen LogP contribution in [-0.4, -0.2) is 11.9 Å². The summed E-state index contributed by atoms with van der Waals surface area (Å²) >= 11 is 0. The first kappa shape index (κ1) is 10.2. The van der Waals surface area contributed by atoms with Gasteiger partial charge >= 0.3 is 0 Å². The van der Waals surface area contributed by atoms with Crippen LogP contribution < -0.4 is 10.2 Å². The largest absolute Gasteiger partial charge is 0.497 e. The number of hydrogen-bond donors (Lipinski definition) is 0. The van der Waals surface area contributed by atoms with Crippen molar-refractivity contribution in [3.05, 3.63) is 40.2 Å². The van der Waals surface area contributed by atoms with Crippen LogP contribution in [0.4, 0.5) is 4.48 Å². The maximum absolute atomic E-state index is 13.4. The van der Waals surface area contributed by atoms with Gasteiger partial charge in [-0.15, -0.1) is 0 Å². The highest BCUT2D eigenvalue weighted by Gasteiger charge is 2.09. The van der Waals surface area contributed by atoms with Gasteiger partial charge in [-0.2, -0.15) is 10.1 Å². The number of ether oxygens (including phenoxy) is 1. The second kappa shape index (κ2) is 3.66. The molecule has 2 aromatic rings. The van der Waals surface area contributed by atoms with E-state index in [-0.39, 0.29) is 21.3 Å². The van der Waals surface area contributed by atoms with Crippen LogP contribution in [0.2, 0.25) is 0 Å². The van der Waals surface area contributed by atoms with Crippen molar-refractivity contribution in [2.75, 3.05) is 7.11 Å². The minimum absolute atomic E-state index is 0.116. The lowest BCUT2D eigenvalue weighted by Crippen LogP contribution is -2.09. The van der Waals surface area contributed by atoms with Crippen molar-refractivity contribution < 1.29 is 9.22 Å². The Hall–Kier alpha value is -2.35. The van der Waals surface area contributed by atoms with E-state index >= 15 is 0 Å². The Kier molecular flexibility index (Phi) is 2.33. The number of nitriles is 1. The molecular weight excluding hydrogens is 211 g/mol. The predicted molar refractivity (Wildman–Crippen MR) is 56.0 cm³/mol. The molecule has 0 spiro atoms. The normalized spacial score (nSPS) is 10.1. The highest BCUT2D eigenvalue weighted by Crippen LogP contribution is 2.18. The molecule has 0 saturated heterocycles. The van der Waals surface area contributed by atoms with Gasteiger partial charge in [0.05, 0.1) is 24.2 Å². The van der Waals surface area contributed by atoms with Crippen molar-refractivity contribution >= 4 is 10.9 Å². The average molecular weight is 218 g/mol. The van der Waals surface area contributed by atoms with Crippen LogP contribution in [0, 0.1) is 11.3 Å². The SMILES string of the molecule is COc1ccc2c(c1)c(=O)c(C#N)cn2F. The molecule has 4 nitrogen and oxygen atoms in total. The van der Waals surface area contributed by atoms with E-state index in [1.807, 2.05) is 0 Å². The van der Waals surface area contributed by atoms with Crippen molar-refractivity contribution in [2.45, 2.75) is 0 Å². The molecule has 0 N–H and O–H groups in total. The van der Waals surface area contributed by atoms with Crippen LogP contribution in [0.25, 0.3) is 10.9 Å². The molecule has 80 valence electrons. The topological polar surface area (TPSA) is 55.0 Å². The van der Waals surface area contributed by atoms with Crippen LogP contribution in [0.5, 0.6) is 5.75 Å². The third kappa shape index (κ3) is 1.41. The van der Waals surface area contributed by atoms with Gasteiger partial charge in [-0.3, -0.25) is 4.79 Å². The first-order chi connectivity index (χ1) is 7.67. The standard InChI is InChI=1S/C11H7FN2O2/c1-16-8-2-3-10-9(4-8)11(15)7(5-13)6-14(10)12/h2-4,6H,1H3. The fourth-order valence-corrected chi connectivity index (χ4v) is 1.48. The molecule has 0 aliphatic heterocycles. The van der Waals surface area contributed by atoms with E-state index in [0.29, 0.717) is 5.75 Å². The Bertz CT molecular complexity index is 655. The summed E-state index contributed by atoms with van der Waals surface area (Å²) in [6.07, 6.45) is 0.872. The summed E-state index contributed by atoms with van der Waals surface area (Å²) in [6, 6.07) is 6.04. The number of rotatable bonds is 1. The maximum atomic E-state index is 13.4. The van der Waals surface area contributed by atoms with Crippen LogP contribution in [-0.2, 0) is 0 Å². The van der Waals surface area contributed by atoms with Gasteiger partial charge in [0.1, 0.15) is 17.4 Å². The van der Waals surface area contributed by atoms with Crippen LogP contribution in [0.1, 0.15) is 5.56 Å². The van der Waals surface area contributed by atoms with Gasteiger partial charge in [0.15, 0.2) is 0 Å². The molecule has 0 bridgehead atoms. The van der Waals surface area contributed by atoms with Gasteiger partial charge in [0.2, 0.25) is 5.43 Å². The summed E-state index contributed by atoms with van der Waals surface area (Å²) in [6.45, 7) is 0. The first-order valence-corrected chi connectivity index (χ1v) is 4.47. The van der Waals surface area contributed by atoms with Gasteiger partial charge in [-0.1, -0.05) is 4.48 Å². The number of aromatic nitrogens is 1. The second-order valence-corrected chi connectivity index (χ2v) is 3.18. The lowest BCUT2D eigenvalue weighted by Gasteiger charge is -2.04. The van der Waals surface area contributed by atoms with Crippen LogP contribution in [0.3, 0.4) is 0 Å². The van der Waals surface area contributed by atoms with E-state index in [1.165, 1.54) is 19.2 Å². The number of hydrogen-bond acceptors (Lipinski definition) is 3. The number of methoxy groups -OCH3 is 1. The lowest BCUT2D eigenvalue weighted by atomic mass is 10.1. The van der Waals surface area contributed by atoms with Gasteiger partial charge < -0.3 is 4.74 Å². The molecule has 1 aromatic heterocycles. The number of fused-ring (bicyclic) bond motifs is 1. The Morgan fingerprint density at radius 3 is 2.88 bits per heavy atom. The highest BCUT2D eigenvalue weighted by atomic mass is 19.2. The summed E-state index contributed by atoms with van der Waals surface area (Å²) < 4.78 is 18.4. The van der Waals surface area contributed by atoms with E-state index in [0.717, 1.165) is 6.20 Å². The minimum atomic E-state index is -0.495. The Balaban J connectivity index is 2.93. The van der Waals surface area contributed by atoms with Gasteiger partial charge in [-0.05, 0) is 18.2 Å². The molecule has 16 heavy (non-hydrogen) atoms. The average Bonchev–Trinajstić information content (AvgIpc) is 2.33. The number of pyridine rings is 1. The zero-order valence-electron chi connectivity index (χ0n) is 8.40. The first-order valence-electron chi connectivity index (χ1n) is 4.47. The lowest BCUT2D eigenvalue weighted by molar-refractivity contribution is 0.383. The van der Waals surface area contributed by atoms with Crippen molar-refractivity contribution in [1.82, 2.24) is 4.79 Å². The van der Waals surface area contributed by atoms with Crippen LogP contribution in [0.15, 0.2) is 29.2 Å². The van der Waals surface area contributed by atoms with Gasteiger partial charge in [0.25, 0.3) is 0 Å². The zero-order valence-corrected chi connectivity index (χ0v) is 8.40. The molecule has 1 heterocycles. The van der Waals surface area contributed by atoms with E-state index in [9.17, 15) is 9.28 Å². The molecule has 0 unspecified atom stereocenters. The molecule has 0 atom stereocenters. The second-order valence-electron chi connectivity index (χ2n) is 3.18. The van der Waals surface area contributed by atoms with Gasteiger partial charge in [-0.25, -0.2) is 0 Å². The molecule has 1 aromatic carbocycles. The summed E-state index contributed by atoms with van der Waals surface area (Å²) in [5.41, 5.74) is -0.613. The molecule has 2 rings (SSSR count). The summed E-state index contributed by atoms with van der Waals surface area (Å²) in [4.78, 5) is 12.0. The van der Waals surface area contributed by atoms with Crippen molar-refractivity contribution in [1.29, 1.82) is 5.26 Å². The molecule has 0 aliphatic rings. The van der Waals surface area contributed by atoms with Crippen LogP contribution >= 0.6 is 0 Å². The predicted octanol–water partition coefficient (Wildman–Crippen LogP) is 1.61. The Morgan fingerprint density at radius 2 is 2.25 bits per heavy atom. The number of nitrogens with zero attached hydrogens (tertiary/aromatic N) is 2. The summed E-state index contributed by atoms with van der Waals surface area (Å²) in [7, 11) is 1.45. The smallest absolute Gasteiger partial charge is 0.207 e. The maximum Gasteiger partial charge on any atom is 0.207 e. The van der Waals surface area contributed by atoms with Crippen molar-refractivity contribution in [3.8, 4) is 11.8 Å².